The third-order valence-electron chi connectivity index (χ3n) is 3.43. The lowest BCUT2D eigenvalue weighted by Crippen LogP contribution is -2.48. The number of thioether (sulfide) groups is 1. The van der Waals surface area contributed by atoms with Gasteiger partial charge in [-0.3, -0.25) is 0 Å². The van der Waals surface area contributed by atoms with Crippen molar-refractivity contribution < 1.29 is 8.42 Å². The fraction of sp³-hybridized carbons (Fsp3) is 0.615. The van der Waals surface area contributed by atoms with Crippen molar-refractivity contribution in [3.8, 4) is 0 Å². The number of pyridine rings is 1. The minimum absolute atomic E-state index is 0.157. The van der Waals surface area contributed by atoms with Crippen LogP contribution in [0.15, 0.2) is 12.1 Å². The van der Waals surface area contributed by atoms with Gasteiger partial charge in [0.15, 0.2) is 9.84 Å². The Morgan fingerprint density at radius 2 is 2.25 bits per heavy atom. The van der Waals surface area contributed by atoms with Crippen molar-refractivity contribution in [2.24, 2.45) is 5.73 Å². The summed E-state index contributed by atoms with van der Waals surface area (Å²) >= 11 is 1.68. The fourth-order valence-corrected chi connectivity index (χ4v) is 5.30. The van der Waals surface area contributed by atoms with Crippen molar-refractivity contribution in [2.45, 2.75) is 25.8 Å². The van der Waals surface area contributed by atoms with Crippen LogP contribution in [-0.4, -0.2) is 42.6 Å². The minimum atomic E-state index is -3.12. The van der Waals surface area contributed by atoms with Gasteiger partial charge in [-0.25, -0.2) is 13.4 Å². The molecule has 1 aliphatic heterocycles. The van der Waals surface area contributed by atoms with E-state index in [4.69, 9.17) is 5.73 Å². The molecule has 0 bridgehead atoms. The topological polar surface area (TPSA) is 76.3 Å². The Morgan fingerprint density at radius 3 is 2.90 bits per heavy atom. The summed E-state index contributed by atoms with van der Waals surface area (Å²) in [6, 6.07) is 3.84. The van der Waals surface area contributed by atoms with Gasteiger partial charge in [-0.15, -0.1) is 0 Å². The standard InChI is InChI=1S/C13H21N3O2S2/c1-3-20(17,18)13-9-19-5-4-16(13)12-7-11(8-14)6-10(2)15-12/h6-7,13H,3-5,8-9,14H2,1-2H3. The highest BCUT2D eigenvalue weighted by Gasteiger charge is 2.33. The molecule has 5 nitrogen and oxygen atoms in total. The van der Waals surface area contributed by atoms with Crippen molar-refractivity contribution in [3.63, 3.8) is 0 Å². The minimum Gasteiger partial charge on any atom is -0.338 e. The fourth-order valence-electron chi connectivity index (χ4n) is 2.32. The first-order valence-electron chi connectivity index (χ1n) is 6.71. The first kappa shape index (κ1) is 15.6. The molecule has 1 fully saturated rings. The van der Waals surface area contributed by atoms with Crippen LogP contribution >= 0.6 is 11.8 Å². The number of aryl methyl sites for hydroxylation is 1. The van der Waals surface area contributed by atoms with Crippen LogP contribution in [0.5, 0.6) is 0 Å². The van der Waals surface area contributed by atoms with E-state index in [-0.39, 0.29) is 5.75 Å². The van der Waals surface area contributed by atoms with Crippen LogP contribution in [0.2, 0.25) is 0 Å². The van der Waals surface area contributed by atoms with Gasteiger partial charge in [-0.05, 0) is 24.6 Å². The molecule has 112 valence electrons. The molecule has 0 saturated carbocycles. The first-order chi connectivity index (χ1) is 9.47. The third kappa shape index (κ3) is 3.27. The van der Waals surface area contributed by atoms with E-state index in [2.05, 4.69) is 4.98 Å². The molecule has 1 aliphatic rings. The Morgan fingerprint density at radius 1 is 1.50 bits per heavy atom. The van der Waals surface area contributed by atoms with E-state index in [1.165, 1.54) is 0 Å². The molecule has 0 aromatic carbocycles. The summed E-state index contributed by atoms with van der Waals surface area (Å²) in [4.78, 5) is 6.42. The van der Waals surface area contributed by atoms with Gasteiger partial charge in [0.05, 0.1) is 0 Å². The second-order valence-electron chi connectivity index (χ2n) is 4.85. The highest BCUT2D eigenvalue weighted by Crippen LogP contribution is 2.27. The lowest BCUT2D eigenvalue weighted by molar-refractivity contribution is 0.578. The highest BCUT2D eigenvalue weighted by molar-refractivity contribution is 8.01. The van der Waals surface area contributed by atoms with Crippen LogP contribution in [-0.2, 0) is 16.4 Å². The summed E-state index contributed by atoms with van der Waals surface area (Å²) < 4.78 is 24.5. The van der Waals surface area contributed by atoms with Crippen molar-refractivity contribution in [1.82, 2.24) is 4.98 Å². The summed E-state index contributed by atoms with van der Waals surface area (Å²) in [5.41, 5.74) is 7.55. The Bertz CT molecular complexity index is 575. The number of hydrogen-bond acceptors (Lipinski definition) is 6. The molecule has 2 rings (SSSR count). The van der Waals surface area contributed by atoms with Gasteiger partial charge in [0, 0.05) is 36.0 Å². The largest absolute Gasteiger partial charge is 0.338 e. The molecular weight excluding hydrogens is 294 g/mol. The van der Waals surface area contributed by atoms with Crippen LogP contribution in [0.1, 0.15) is 18.2 Å². The molecule has 1 atom stereocenters. The quantitative estimate of drug-likeness (QED) is 0.898. The molecule has 1 unspecified atom stereocenters. The van der Waals surface area contributed by atoms with Crippen LogP contribution < -0.4 is 10.6 Å². The smallest absolute Gasteiger partial charge is 0.171 e. The van der Waals surface area contributed by atoms with Gasteiger partial charge < -0.3 is 10.6 Å². The summed E-state index contributed by atoms with van der Waals surface area (Å²) in [5, 5.41) is -0.480. The summed E-state index contributed by atoms with van der Waals surface area (Å²) in [7, 11) is -3.12. The molecule has 2 N–H and O–H groups in total. The lowest BCUT2D eigenvalue weighted by Gasteiger charge is -2.35. The lowest BCUT2D eigenvalue weighted by atomic mass is 10.2. The molecule has 1 aromatic heterocycles. The van der Waals surface area contributed by atoms with Crippen molar-refractivity contribution in [3.05, 3.63) is 23.4 Å². The summed E-state index contributed by atoms with van der Waals surface area (Å²) in [5.74, 6) is 2.41. The molecular formula is C13H21N3O2S2. The molecule has 0 amide bonds. The predicted octanol–water partition coefficient (Wildman–Crippen LogP) is 1.16. The summed E-state index contributed by atoms with van der Waals surface area (Å²) in [6.07, 6.45) is 0. The van der Waals surface area contributed by atoms with Gasteiger partial charge in [0.25, 0.3) is 0 Å². The third-order valence-corrected chi connectivity index (χ3v) is 6.72. The second kappa shape index (κ2) is 6.32. The SMILES string of the molecule is CCS(=O)(=O)C1CSCCN1c1cc(CN)cc(C)n1. The maximum absolute atomic E-state index is 12.3. The molecule has 0 radical (unpaired) electrons. The van der Waals surface area contributed by atoms with Crippen LogP contribution in [0, 0.1) is 6.92 Å². The second-order valence-corrected chi connectivity index (χ2v) is 8.45. The highest BCUT2D eigenvalue weighted by atomic mass is 32.2. The first-order valence-corrected chi connectivity index (χ1v) is 9.58. The van der Waals surface area contributed by atoms with Crippen LogP contribution in [0.4, 0.5) is 5.82 Å². The zero-order valence-electron chi connectivity index (χ0n) is 11.9. The summed E-state index contributed by atoms with van der Waals surface area (Å²) in [6.45, 7) is 4.74. The normalized spacial score (nSPS) is 20.1. The van der Waals surface area contributed by atoms with Crippen LogP contribution in [0.3, 0.4) is 0 Å². The Balaban J connectivity index is 2.40. The Kier molecular flexibility index (Phi) is 4.93. The zero-order valence-corrected chi connectivity index (χ0v) is 13.5. The van der Waals surface area contributed by atoms with Crippen molar-refractivity contribution in [2.75, 3.05) is 28.7 Å². The van der Waals surface area contributed by atoms with Crippen LogP contribution in [0.25, 0.3) is 0 Å². The average molecular weight is 315 g/mol. The molecule has 0 aliphatic carbocycles. The monoisotopic (exact) mass is 315 g/mol. The predicted molar refractivity (Wildman–Crippen MR) is 84.8 cm³/mol. The van der Waals surface area contributed by atoms with Gasteiger partial charge in [-0.2, -0.15) is 11.8 Å². The van der Waals surface area contributed by atoms with E-state index in [1.807, 2.05) is 24.0 Å². The Hall–Kier alpha value is -0.790. The number of sulfone groups is 1. The number of rotatable bonds is 4. The molecule has 0 spiro atoms. The maximum Gasteiger partial charge on any atom is 0.171 e. The number of hydrogen-bond donors (Lipinski definition) is 1. The average Bonchev–Trinajstić information content (AvgIpc) is 2.46. The van der Waals surface area contributed by atoms with E-state index in [9.17, 15) is 8.42 Å². The van der Waals surface area contributed by atoms with Crippen molar-refractivity contribution in [1.29, 1.82) is 0 Å². The Labute approximate surface area is 124 Å². The van der Waals surface area contributed by atoms with E-state index in [1.54, 1.807) is 18.7 Å². The number of nitrogens with two attached hydrogens (primary N) is 1. The maximum atomic E-state index is 12.3. The molecule has 2 heterocycles. The van der Waals surface area contributed by atoms with E-state index in [0.29, 0.717) is 18.8 Å². The van der Waals surface area contributed by atoms with E-state index < -0.39 is 15.2 Å². The number of anilines is 1. The van der Waals surface area contributed by atoms with Crippen molar-refractivity contribution >= 4 is 27.4 Å². The molecule has 1 saturated heterocycles. The van der Waals surface area contributed by atoms with E-state index in [0.717, 1.165) is 22.8 Å². The van der Waals surface area contributed by atoms with Gasteiger partial charge >= 0.3 is 0 Å². The molecule has 1 aromatic rings. The van der Waals surface area contributed by atoms with Gasteiger partial charge in [0.1, 0.15) is 11.2 Å². The van der Waals surface area contributed by atoms with Gasteiger partial charge in [-0.1, -0.05) is 6.92 Å². The number of nitrogens with zero attached hydrogens (tertiary/aromatic N) is 2. The number of aromatic nitrogens is 1. The molecule has 20 heavy (non-hydrogen) atoms. The van der Waals surface area contributed by atoms with Gasteiger partial charge in [0.2, 0.25) is 0 Å². The van der Waals surface area contributed by atoms with E-state index >= 15 is 0 Å². The zero-order chi connectivity index (χ0) is 14.8. The molecule has 7 heteroatoms.